The van der Waals surface area contributed by atoms with Crippen molar-refractivity contribution in [3.05, 3.63) is 35.9 Å². The molecule has 33 heavy (non-hydrogen) atoms. The zero-order valence-electron chi connectivity index (χ0n) is 18.2. The van der Waals surface area contributed by atoms with Gasteiger partial charge in [-0.2, -0.15) is 0 Å². The van der Waals surface area contributed by atoms with Crippen LogP contribution < -0.4 is 21.7 Å². The Bertz CT molecular complexity index is 868. The van der Waals surface area contributed by atoms with Crippen molar-refractivity contribution in [3.8, 4) is 0 Å². The van der Waals surface area contributed by atoms with E-state index in [0.717, 1.165) is 5.56 Å². The minimum atomic E-state index is -1.19. The molecule has 0 spiro atoms. The van der Waals surface area contributed by atoms with Crippen molar-refractivity contribution in [1.29, 1.82) is 5.41 Å². The number of rotatable bonds is 7. The molecule has 12 nitrogen and oxygen atoms in total. The number of carbonyl (C=O) groups excluding carboxylic acids is 3. The van der Waals surface area contributed by atoms with Crippen LogP contribution in [0.5, 0.6) is 0 Å². The number of nitrogens with one attached hydrogen (secondary N) is 4. The molecule has 180 valence electrons. The van der Waals surface area contributed by atoms with Crippen LogP contribution in [-0.4, -0.2) is 87.9 Å². The lowest BCUT2D eigenvalue weighted by molar-refractivity contribution is -0.150. The van der Waals surface area contributed by atoms with Gasteiger partial charge in [0.1, 0.15) is 18.3 Å². The largest absolute Gasteiger partial charge is 0.394 e. The molecule has 0 saturated carbocycles. The van der Waals surface area contributed by atoms with E-state index < -0.39 is 48.8 Å². The van der Waals surface area contributed by atoms with E-state index >= 15 is 0 Å². The van der Waals surface area contributed by atoms with Crippen molar-refractivity contribution < 1.29 is 24.6 Å². The average molecular weight is 462 g/mol. The molecule has 2 fully saturated rings. The van der Waals surface area contributed by atoms with Crippen LogP contribution in [0, 0.1) is 5.41 Å². The van der Waals surface area contributed by atoms with Gasteiger partial charge in [0.15, 0.2) is 5.96 Å². The van der Waals surface area contributed by atoms with Crippen LogP contribution in [0.1, 0.15) is 24.8 Å². The Morgan fingerprint density at radius 1 is 1.15 bits per heavy atom. The quantitative estimate of drug-likeness (QED) is 0.185. The van der Waals surface area contributed by atoms with Crippen molar-refractivity contribution in [2.24, 2.45) is 5.73 Å². The number of guanidine groups is 1. The molecular weight excluding hydrogens is 430 g/mol. The van der Waals surface area contributed by atoms with Gasteiger partial charge < -0.3 is 41.7 Å². The van der Waals surface area contributed by atoms with Gasteiger partial charge in [0.2, 0.25) is 11.8 Å². The third kappa shape index (κ3) is 5.90. The number of amides is 4. The molecule has 12 heteroatoms. The Kier molecular flexibility index (Phi) is 8.06. The SMILES string of the molecule is N=C(N)N1CCC[C@H](NC(=O)[C@@H]2CCN2C(=O)[C@@H](CO)NC(=O)NCc2ccccc2)C1O. The number of likely N-dealkylation sites (tertiary alicyclic amines) is 2. The van der Waals surface area contributed by atoms with Crippen LogP contribution in [0.15, 0.2) is 30.3 Å². The topological polar surface area (TPSA) is 184 Å². The van der Waals surface area contributed by atoms with Gasteiger partial charge in [0.05, 0.1) is 12.6 Å². The van der Waals surface area contributed by atoms with Gasteiger partial charge in [-0.25, -0.2) is 4.79 Å². The lowest BCUT2D eigenvalue weighted by Crippen LogP contribution is -2.66. The minimum Gasteiger partial charge on any atom is -0.394 e. The van der Waals surface area contributed by atoms with Gasteiger partial charge in [0, 0.05) is 19.6 Å². The maximum atomic E-state index is 12.8. The molecule has 3 rings (SSSR count). The first kappa shape index (κ1) is 24.3. The first-order chi connectivity index (χ1) is 15.8. The number of hydrogen-bond donors (Lipinski definition) is 7. The summed E-state index contributed by atoms with van der Waals surface area (Å²) in [5, 5.41) is 35.4. The molecule has 1 aromatic carbocycles. The Hall–Kier alpha value is -3.38. The second kappa shape index (κ2) is 11.0. The summed E-state index contributed by atoms with van der Waals surface area (Å²) in [7, 11) is 0. The molecule has 2 aliphatic rings. The standard InChI is InChI=1S/C21H31N7O5/c22-20(23)28-9-4-7-14(18(28)31)25-17(30)16-8-10-27(16)19(32)15(12-29)26-21(33)24-11-13-5-2-1-3-6-13/h1-3,5-6,14-16,18,29,31H,4,7-12H2,(H3,22,23)(H,25,30)(H2,24,26,33)/t14-,15+,16-,18?/m0/s1. The van der Waals surface area contributed by atoms with Crippen molar-refractivity contribution in [2.45, 2.75) is 50.2 Å². The molecule has 2 saturated heterocycles. The number of benzene rings is 1. The highest BCUT2D eigenvalue weighted by molar-refractivity contribution is 5.93. The molecule has 0 bridgehead atoms. The van der Waals surface area contributed by atoms with E-state index in [1.807, 2.05) is 30.3 Å². The second-order valence-electron chi connectivity index (χ2n) is 8.13. The maximum absolute atomic E-state index is 12.8. The van der Waals surface area contributed by atoms with Crippen LogP contribution >= 0.6 is 0 Å². The van der Waals surface area contributed by atoms with Crippen molar-refractivity contribution in [3.63, 3.8) is 0 Å². The predicted molar refractivity (Wildman–Crippen MR) is 119 cm³/mol. The third-order valence-corrected chi connectivity index (χ3v) is 5.92. The molecule has 4 atom stereocenters. The highest BCUT2D eigenvalue weighted by Crippen LogP contribution is 2.21. The molecule has 1 aromatic rings. The number of urea groups is 1. The molecule has 2 aliphatic heterocycles. The van der Waals surface area contributed by atoms with E-state index in [1.54, 1.807) is 0 Å². The normalized spacial score (nSPS) is 23.2. The number of piperidine rings is 1. The van der Waals surface area contributed by atoms with Crippen molar-refractivity contribution in [2.75, 3.05) is 19.7 Å². The minimum absolute atomic E-state index is 0.259. The third-order valence-electron chi connectivity index (χ3n) is 5.92. The molecular formula is C21H31N7O5. The summed E-state index contributed by atoms with van der Waals surface area (Å²) in [5.41, 5.74) is 6.35. The smallest absolute Gasteiger partial charge is 0.315 e. The van der Waals surface area contributed by atoms with Gasteiger partial charge in [0.25, 0.3) is 0 Å². The predicted octanol–water partition coefficient (Wildman–Crippen LogP) is -1.76. The first-order valence-corrected chi connectivity index (χ1v) is 10.9. The highest BCUT2D eigenvalue weighted by Gasteiger charge is 2.42. The Morgan fingerprint density at radius 2 is 1.88 bits per heavy atom. The number of hydrogen-bond acceptors (Lipinski definition) is 6. The first-order valence-electron chi connectivity index (χ1n) is 10.9. The average Bonchev–Trinajstić information content (AvgIpc) is 2.77. The number of carbonyl (C=O) groups is 3. The zero-order chi connectivity index (χ0) is 24.0. The van der Waals surface area contributed by atoms with Gasteiger partial charge in [-0.3, -0.25) is 15.0 Å². The fraction of sp³-hybridized carbons (Fsp3) is 0.524. The van der Waals surface area contributed by atoms with E-state index in [9.17, 15) is 24.6 Å². The maximum Gasteiger partial charge on any atom is 0.315 e. The van der Waals surface area contributed by atoms with Gasteiger partial charge >= 0.3 is 6.03 Å². The van der Waals surface area contributed by atoms with Crippen LogP contribution in [0.25, 0.3) is 0 Å². The molecule has 0 aliphatic carbocycles. The molecule has 1 unspecified atom stereocenters. The summed E-state index contributed by atoms with van der Waals surface area (Å²) >= 11 is 0. The summed E-state index contributed by atoms with van der Waals surface area (Å²) < 4.78 is 0. The lowest BCUT2D eigenvalue weighted by Gasteiger charge is -2.43. The summed E-state index contributed by atoms with van der Waals surface area (Å²) in [6, 6.07) is 6.05. The number of aliphatic hydroxyl groups excluding tert-OH is 2. The van der Waals surface area contributed by atoms with E-state index in [-0.39, 0.29) is 12.5 Å². The zero-order valence-corrected chi connectivity index (χ0v) is 18.2. The molecule has 4 amide bonds. The van der Waals surface area contributed by atoms with Crippen molar-refractivity contribution in [1.82, 2.24) is 25.8 Å². The van der Waals surface area contributed by atoms with Crippen LogP contribution in [0.4, 0.5) is 4.79 Å². The van der Waals surface area contributed by atoms with E-state index in [1.165, 1.54) is 9.80 Å². The second-order valence-corrected chi connectivity index (χ2v) is 8.13. The monoisotopic (exact) mass is 461 g/mol. The van der Waals surface area contributed by atoms with Crippen LogP contribution in [-0.2, 0) is 16.1 Å². The van der Waals surface area contributed by atoms with Gasteiger partial charge in [-0.05, 0) is 24.8 Å². The summed E-state index contributed by atoms with van der Waals surface area (Å²) in [6.07, 6.45) is 0.461. The molecule has 0 aromatic heterocycles. The highest BCUT2D eigenvalue weighted by atomic mass is 16.3. The van der Waals surface area contributed by atoms with Gasteiger partial charge in [-0.15, -0.1) is 0 Å². The van der Waals surface area contributed by atoms with Crippen LogP contribution in [0.3, 0.4) is 0 Å². The Labute approximate surface area is 191 Å². The lowest BCUT2D eigenvalue weighted by atomic mass is 9.98. The Balaban J connectivity index is 1.51. The summed E-state index contributed by atoms with van der Waals surface area (Å²) in [5.74, 6) is -1.27. The number of nitrogens with zero attached hydrogens (tertiary/aromatic N) is 2. The Morgan fingerprint density at radius 3 is 2.48 bits per heavy atom. The number of nitrogens with two attached hydrogens (primary N) is 1. The summed E-state index contributed by atoms with van der Waals surface area (Å²) in [6.45, 7) is 0.382. The van der Waals surface area contributed by atoms with E-state index in [2.05, 4.69) is 16.0 Å². The van der Waals surface area contributed by atoms with Crippen molar-refractivity contribution >= 4 is 23.8 Å². The van der Waals surface area contributed by atoms with Gasteiger partial charge in [-0.1, -0.05) is 30.3 Å². The van der Waals surface area contributed by atoms with E-state index in [4.69, 9.17) is 11.1 Å². The molecule has 2 heterocycles. The fourth-order valence-corrected chi connectivity index (χ4v) is 3.97. The fourth-order valence-electron chi connectivity index (χ4n) is 3.97. The summed E-state index contributed by atoms with van der Waals surface area (Å²) in [4.78, 5) is 40.3. The van der Waals surface area contributed by atoms with Crippen LogP contribution in [0.2, 0.25) is 0 Å². The molecule has 0 radical (unpaired) electrons. The molecule has 8 N–H and O–H groups in total. The van der Waals surface area contributed by atoms with E-state index in [0.29, 0.717) is 32.4 Å². The number of aliphatic hydroxyl groups is 2.